The molecule has 1 aliphatic heterocycles. The number of fused-ring (bicyclic) bond motifs is 1. The van der Waals surface area contributed by atoms with Gasteiger partial charge in [0.15, 0.2) is 0 Å². The van der Waals surface area contributed by atoms with Crippen molar-refractivity contribution in [2.45, 2.75) is 45.2 Å². The lowest BCUT2D eigenvalue weighted by molar-refractivity contribution is 0.0932. The van der Waals surface area contributed by atoms with E-state index in [-0.39, 0.29) is 17.6 Å². The van der Waals surface area contributed by atoms with Crippen LogP contribution in [0.15, 0.2) is 53.3 Å². The first-order chi connectivity index (χ1) is 14.0. The van der Waals surface area contributed by atoms with Gasteiger partial charge < -0.3 is 5.32 Å². The number of carbonyl (C=O) groups excluding carboxylic acids is 1. The summed E-state index contributed by atoms with van der Waals surface area (Å²) in [5.74, 6) is 0.749. The van der Waals surface area contributed by atoms with Gasteiger partial charge in [-0.1, -0.05) is 48.0 Å². The van der Waals surface area contributed by atoms with Crippen LogP contribution in [0.25, 0.3) is 0 Å². The van der Waals surface area contributed by atoms with Crippen LogP contribution in [0.3, 0.4) is 0 Å². The van der Waals surface area contributed by atoms with Gasteiger partial charge in [-0.25, -0.2) is 9.48 Å². The number of hydrogen-bond acceptors (Lipinski definition) is 3. The first-order valence-electron chi connectivity index (χ1n) is 10.1. The molecule has 150 valence electrons. The van der Waals surface area contributed by atoms with E-state index < -0.39 is 0 Å². The molecular formula is C23H26N4O2. The van der Waals surface area contributed by atoms with Gasteiger partial charge in [-0.2, -0.15) is 5.10 Å². The Balaban J connectivity index is 1.46. The third-order valence-corrected chi connectivity index (χ3v) is 5.61. The maximum absolute atomic E-state index is 13.0. The third-order valence-electron chi connectivity index (χ3n) is 5.61. The van der Waals surface area contributed by atoms with Crippen LogP contribution in [0.1, 0.15) is 45.7 Å². The number of hydrogen-bond donors (Lipinski definition) is 1. The molecule has 1 unspecified atom stereocenters. The molecule has 1 amide bonds. The molecule has 6 heteroatoms. The molecule has 1 aromatic heterocycles. The van der Waals surface area contributed by atoms with Crippen molar-refractivity contribution in [3.63, 3.8) is 0 Å². The van der Waals surface area contributed by atoms with E-state index in [9.17, 15) is 9.59 Å². The predicted octanol–water partition coefficient (Wildman–Crippen LogP) is 2.62. The van der Waals surface area contributed by atoms with E-state index in [1.54, 1.807) is 11.6 Å². The highest BCUT2D eigenvalue weighted by Gasteiger charge is 2.22. The number of carbonyl (C=O) groups is 1. The van der Waals surface area contributed by atoms with Gasteiger partial charge in [0.25, 0.3) is 5.91 Å². The smallest absolute Gasteiger partial charge is 0.345 e. The van der Waals surface area contributed by atoms with Crippen molar-refractivity contribution in [1.29, 1.82) is 0 Å². The second-order valence-electron chi connectivity index (χ2n) is 7.79. The van der Waals surface area contributed by atoms with Crippen molar-refractivity contribution >= 4 is 5.91 Å². The molecule has 0 fully saturated rings. The van der Waals surface area contributed by atoms with Crippen molar-refractivity contribution in [1.82, 2.24) is 19.7 Å². The topological polar surface area (TPSA) is 68.9 Å². The van der Waals surface area contributed by atoms with E-state index in [1.807, 2.05) is 24.3 Å². The number of nitrogens with one attached hydrogen (secondary N) is 1. The first kappa shape index (κ1) is 19.2. The summed E-state index contributed by atoms with van der Waals surface area (Å²) in [5.41, 5.74) is 4.06. The highest BCUT2D eigenvalue weighted by atomic mass is 16.2. The second-order valence-corrected chi connectivity index (χ2v) is 7.79. The van der Waals surface area contributed by atoms with Crippen LogP contribution in [-0.2, 0) is 26.4 Å². The molecule has 1 atom stereocenters. The largest absolute Gasteiger partial charge is 0.349 e. The van der Waals surface area contributed by atoms with Crippen LogP contribution in [0.4, 0.5) is 0 Å². The molecule has 0 bridgehead atoms. The third kappa shape index (κ3) is 4.16. The van der Waals surface area contributed by atoms with E-state index in [2.05, 4.69) is 41.6 Å². The fraction of sp³-hybridized carbons (Fsp3) is 0.348. The molecule has 1 N–H and O–H groups in total. The molecule has 6 nitrogen and oxygen atoms in total. The Bertz CT molecular complexity index is 1080. The maximum Gasteiger partial charge on any atom is 0.345 e. The van der Waals surface area contributed by atoms with E-state index in [4.69, 9.17) is 0 Å². The van der Waals surface area contributed by atoms with Gasteiger partial charge in [-0.3, -0.25) is 9.36 Å². The highest BCUT2D eigenvalue weighted by molar-refractivity contribution is 5.96. The van der Waals surface area contributed by atoms with E-state index in [1.165, 1.54) is 15.8 Å². The van der Waals surface area contributed by atoms with Gasteiger partial charge in [0.1, 0.15) is 5.82 Å². The second kappa shape index (κ2) is 8.07. The number of benzene rings is 2. The Morgan fingerprint density at radius 1 is 1.14 bits per heavy atom. The zero-order chi connectivity index (χ0) is 20.4. The summed E-state index contributed by atoms with van der Waals surface area (Å²) in [6, 6.07) is 16.2. The van der Waals surface area contributed by atoms with Crippen LogP contribution in [-0.4, -0.2) is 26.3 Å². The summed E-state index contributed by atoms with van der Waals surface area (Å²) < 4.78 is 3.10. The van der Waals surface area contributed by atoms with Crippen LogP contribution >= 0.6 is 0 Å². The Hall–Kier alpha value is -3.15. The predicted molar refractivity (Wildman–Crippen MR) is 112 cm³/mol. The summed E-state index contributed by atoms with van der Waals surface area (Å²) in [6.45, 7) is 2.65. The average molecular weight is 390 g/mol. The van der Waals surface area contributed by atoms with Gasteiger partial charge in [0.2, 0.25) is 0 Å². The molecule has 2 heterocycles. The molecule has 29 heavy (non-hydrogen) atoms. The number of aromatic nitrogens is 3. The van der Waals surface area contributed by atoms with E-state index in [0.717, 1.165) is 30.7 Å². The molecule has 0 spiro atoms. The molecule has 4 rings (SSSR count). The summed E-state index contributed by atoms with van der Waals surface area (Å²) in [7, 11) is 1.67. The molecular weight excluding hydrogens is 364 g/mol. The number of aryl methyl sites for hydroxylation is 3. The molecule has 0 saturated carbocycles. The maximum atomic E-state index is 13.0. The van der Waals surface area contributed by atoms with Crippen molar-refractivity contribution in [3.8, 4) is 0 Å². The van der Waals surface area contributed by atoms with Crippen molar-refractivity contribution in [3.05, 3.63) is 87.1 Å². The van der Waals surface area contributed by atoms with Crippen molar-refractivity contribution in [2.24, 2.45) is 7.05 Å². The minimum Gasteiger partial charge on any atom is -0.349 e. The lowest BCUT2D eigenvalue weighted by Crippen LogP contribution is -2.36. The summed E-state index contributed by atoms with van der Waals surface area (Å²) in [5, 5.41) is 7.48. The molecule has 0 radical (unpaired) electrons. The normalized spacial score (nSPS) is 16.1. The highest BCUT2D eigenvalue weighted by Crippen LogP contribution is 2.17. The number of rotatable bonds is 4. The summed E-state index contributed by atoms with van der Waals surface area (Å²) in [4.78, 5) is 25.2. The number of nitrogens with zero attached hydrogens (tertiary/aromatic N) is 3. The minimum absolute atomic E-state index is 0.0290. The Labute approximate surface area is 170 Å². The quantitative estimate of drug-likeness (QED) is 0.745. The van der Waals surface area contributed by atoms with Crippen molar-refractivity contribution in [2.75, 3.05) is 0 Å². The van der Waals surface area contributed by atoms with Gasteiger partial charge in [0.05, 0.1) is 0 Å². The number of amides is 1. The van der Waals surface area contributed by atoms with Crippen LogP contribution in [0.2, 0.25) is 0 Å². The standard InChI is InChI=1S/C23H26N4O2/c1-16-7-9-17(10-8-16)15-18-5-3-4-6-20(18)22(28)24-19-11-12-21-25-26(2)23(29)27(21)14-13-19/h3-10,19H,11-15H2,1-2H3,(H,24,28). The van der Waals surface area contributed by atoms with E-state index in [0.29, 0.717) is 18.5 Å². The van der Waals surface area contributed by atoms with Gasteiger partial charge in [-0.05, 0) is 43.4 Å². The Morgan fingerprint density at radius 2 is 1.90 bits per heavy atom. The van der Waals surface area contributed by atoms with Gasteiger partial charge in [-0.15, -0.1) is 0 Å². The Kier molecular flexibility index (Phi) is 5.34. The minimum atomic E-state index is -0.0876. The van der Waals surface area contributed by atoms with Crippen LogP contribution < -0.4 is 11.0 Å². The van der Waals surface area contributed by atoms with E-state index >= 15 is 0 Å². The zero-order valence-electron chi connectivity index (χ0n) is 16.9. The molecule has 0 saturated heterocycles. The van der Waals surface area contributed by atoms with Gasteiger partial charge >= 0.3 is 5.69 Å². The molecule has 0 aliphatic carbocycles. The fourth-order valence-electron chi connectivity index (χ4n) is 3.93. The van der Waals surface area contributed by atoms with Crippen molar-refractivity contribution < 1.29 is 4.79 Å². The summed E-state index contributed by atoms with van der Waals surface area (Å²) in [6.07, 6.45) is 2.92. The summed E-state index contributed by atoms with van der Waals surface area (Å²) >= 11 is 0. The first-order valence-corrected chi connectivity index (χ1v) is 10.1. The van der Waals surface area contributed by atoms with Gasteiger partial charge in [0, 0.05) is 31.6 Å². The Morgan fingerprint density at radius 3 is 2.69 bits per heavy atom. The lowest BCUT2D eigenvalue weighted by atomic mass is 9.98. The molecule has 3 aromatic rings. The fourth-order valence-corrected chi connectivity index (χ4v) is 3.93. The lowest BCUT2D eigenvalue weighted by Gasteiger charge is -2.17. The van der Waals surface area contributed by atoms with Crippen LogP contribution in [0.5, 0.6) is 0 Å². The van der Waals surface area contributed by atoms with Crippen LogP contribution in [0, 0.1) is 6.92 Å². The SMILES string of the molecule is Cc1ccc(Cc2ccccc2C(=O)NC2CCc3nn(C)c(=O)n3CC2)cc1. The molecule has 1 aliphatic rings. The monoisotopic (exact) mass is 390 g/mol. The zero-order valence-corrected chi connectivity index (χ0v) is 16.9. The average Bonchev–Trinajstić information content (AvgIpc) is 2.87. The molecule has 2 aromatic carbocycles.